The molecule has 0 atom stereocenters. The summed E-state index contributed by atoms with van der Waals surface area (Å²) in [6.45, 7) is 0. The van der Waals surface area contributed by atoms with E-state index >= 15 is 0 Å². The first-order chi connectivity index (χ1) is 39.7. The molecule has 5 heteroatoms. The van der Waals surface area contributed by atoms with Crippen molar-refractivity contribution in [1.29, 1.82) is 0 Å². The Labute approximate surface area is 480 Å². The summed E-state index contributed by atoms with van der Waals surface area (Å²) in [6.07, 6.45) is 8.83. The van der Waals surface area contributed by atoms with Crippen molar-refractivity contribution >= 4 is 133 Å². The van der Waals surface area contributed by atoms with Crippen molar-refractivity contribution in [3.63, 3.8) is 0 Å². The van der Waals surface area contributed by atoms with Gasteiger partial charge in [-0.05, 0) is 179 Å². The Balaban J connectivity index is 0.00000542. The molecule has 0 aliphatic carbocycles. The second kappa shape index (κ2) is 18.6. The van der Waals surface area contributed by atoms with Gasteiger partial charge in [0.1, 0.15) is 0 Å². The summed E-state index contributed by atoms with van der Waals surface area (Å²) in [5.74, 6) is 0. The third-order valence-corrected chi connectivity index (χ3v) is 16.7. The molecule has 0 spiro atoms. The number of nitrogens with zero attached hydrogens (tertiary/aromatic N) is 4. The van der Waals surface area contributed by atoms with Crippen LogP contribution in [0.2, 0.25) is 0 Å². The summed E-state index contributed by atoms with van der Waals surface area (Å²) in [7, 11) is 0. The Kier molecular flexibility index (Phi) is 10.8. The SMILES string of the molecule is C1=Cc2nc1c(-c1c3ccccc3cc3ccccc13)c1ccc([n-]1)c(-c1c3ccccc3cc3ccccc13)c1nc(c(-c3c4ccccc4cc4ccccc34)c3ccc([n-]3)c2-c2c3ccccc3cc3ccccc23)C=C1.[Pt+2]. The van der Waals surface area contributed by atoms with Crippen LogP contribution in [0.3, 0.4) is 0 Å². The van der Waals surface area contributed by atoms with Gasteiger partial charge < -0.3 is 9.97 Å². The first-order valence-corrected chi connectivity index (χ1v) is 27.4. The maximum absolute atomic E-state index is 5.90. The van der Waals surface area contributed by atoms with E-state index in [0.29, 0.717) is 0 Å². The molecule has 0 radical (unpaired) electrons. The van der Waals surface area contributed by atoms with E-state index in [9.17, 15) is 0 Å². The molecule has 8 bridgehead atoms. The van der Waals surface area contributed by atoms with Gasteiger partial charge in [0.05, 0.1) is 22.8 Å². The van der Waals surface area contributed by atoms with Gasteiger partial charge in [0.2, 0.25) is 0 Å². The number of aromatic nitrogens is 4. The van der Waals surface area contributed by atoms with E-state index in [1.165, 1.54) is 0 Å². The van der Waals surface area contributed by atoms with E-state index in [4.69, 9.17) is 19.9 Å². The van der Waals surface area contributed by atoms with Crippen molar-refractivity contribution in [2.24, 2.45) is 0 Å². The summed E-state index contributed by atoms with van der Waals surface area (Å²) < 4.78 is 0. The molecule has 81 heavy (non-hydrogen) atoms. The molecule has 15 aromatic rings. The van der Waals surface area contributed by atoms with Crippen molar-refractivity contribution in [2.45, 2.75) is 0 Å². The van der Waals surface area contributed by atoms with E-state index in [-0.39, 0.29) is 21.1 Å². The number of rotatable bonds is 4. The predicted octanol–water partition coefficient (Wildman–Crippen LogP) is 19.8. The van der Waals surface area contributed by atoms with E-state index < -0.39 is 0 Å². The summed E-state index contributed by atoms with van der Waals surface area (Å²) >= 11 is 0. The zero-order valence-corrected chi connectivity index (χ0v) is 45.8. The summed E-state index contributed by atoms with van der Waals surface area (Å²) in [5, 5.41) is 18.2. The van der Waals surface area contributed by atoms with Gasteiger partial charge in [0.25, 0.3) is 0 Å². The first-order valence-electron chi connectivity index (χ1n) is 27.4. The van der Waals surface area contributed by atoms with Gasteiger partial charge >= 0.3 is 21.1 Å². The minimum atomic E-state index is 0. The third-order valence-electron chi connectivity index (χ3n) is 16.7. The van der Waals surface area contributed by atoms with Crippen LogP contribution in [0.15, 0.2) is 243 Å². The zero-order chi connectivity index (χ0) is 52.4. The van der Waals surface area contributed by atoms with Crippen molar-refractivity contribution < 1.29 is 21.1 Å². The maximum atomic E-state index is 5.90. The van der Waals surface area contributed by atoms with Crippen LogP contribution < -0.4 is 9.97 Å². The third kappa shape index (κ3) is 7.34. The van der Waals surface area contributed by atoms with Gasteiger partial charge in [-0.2, -0.15) is 0 Å². The molecule has 378 valence electrons. The quantitative estimate of drug-likeness (QED) is 0.165. The molecule has 0 N–H and O–H groups in total. The van der Waals surface area contributed by atoms with Crippen LogP contribution in [0.1, 0.15) is 22.8 Å². The van der Waals surface area contributed by atoms with Crippen LogP contribution in [0, 0.1) is 0 Å². The average Bonchev–Trinajstić information content (AvgIpc) is 4.46. The van der Waals surface area contributed by atoms with Gasteiger partial charge in [-0.3, -0.25) is 0 Å². The number of fused-ring (bicyclic) bond motifs is 16. The Bertz CT molecular complexity index is 4560. The monoisotopic (exact) mass is 1210 g/mol. The molecule has 17 rings (SSSR count). The molecule has 0 amide bonds. The molecule has 0 fully saturated rings. The van der Waals surface area contributed by atoms with Crippen LogP contribution in [-0.4, -0.2) is 9.97 Å². The number of hydrogen-bond acceptors (Lipinski definition) is 2. The normalized spacial score (nSPS) is 12.2. The van der Waals surface area contributed by atoms with Crippen LogP contribution in [-0.2, 0) is 21.1 Å². The molecule has 2 aliphatic rings. The number of benzene rings is 12. The molecule has 0 saturated carbocycles. The average molecular weight is 1210 g/mol. The predicted molar refractivity (Wildman–Crippen MR) is 339 cm³/mol. The van der Waals surface area contributed by atoms with Gasteiger partial charge in [-0.15, -0.1) is 22.1 Å². The molecule has 2 aliphatic heterocycles. The van der Waals surface area contributed by atoms with E-state index in [0.717, 1.165) is 176 Å². The van der Waals surface area contributed by atoms with Crippen molar-refractivity contribution in [3.8, 4) is 44.5 Å². The van der Waals surface area contributed by atoms with Gasteiger partial charge in [-0.25, -0.2) is 9.97 Å². The Morgan fingerprint density at radius 2 is 0.370 bits per heavy atom. The van der Waals surface area contributed by atoms with Crippen LogP contribution in [0.5, 0.6) is 0 Å². The summed E-state index contributed by atoms with van der Waals surface area (Å²) in [6, 6.07) is 87.9. The Hall–Kier alpha value is -9.99. The molecular weight excluding hydrogens is 1160 g/mol. The maximum Gasteiger partial charge on any atom is 2.00 e. The van der Waals surface area contributed by atoms with Crippen molar-refractivity contribution in [1.82, 2.24) is 19.9 Å². The summed E-state index contributed by atoms with van der Waals surface area (Å²) in [4.78, 5) is 23.6. The zero-order valence-electron chi connectivity index (χ0n) is 43.5. The van der Waals surface area contributed by atoms with Crippen molar-refractivity contribution in [2.75, 3.05) is 0 Å². The Morgan fingerprint density at radius 1 is 0.198 bits per heavy atom. The van der Waals surface area contributed by atoms with E-state index in [2.05, 4.69) is 267 Å². The van der Waals surface area contributed by atoms with Gasteiger partial charge in [0.15, 0.2) is 0 Å². The van der Waals surface area contributed by atoms with Crippen LogP contribution in [0.25, 0.3) is 177 Å². The molecule has 12 aromatic carbocycles. The van der Waals surface area contributed by atoms with Crippen molar-refractivity contribution in [3.05, 3.63) is 265 Å². The second-order valence-corrected chi connectivity index (χ2v) is 21.1. The topological polar surface area (TPSA) is 54.0 Å². The Morgan fingerprint density at radius 3 is 0.556 bits per heavy atom. The fraction of sp³-hybridized carbons (Fsp3) is 0. The van der Waals surface area contributed by atoms with E-state index in [1.54, 1.807) is 0 Å². The van der Waals surface area contributed by atoms with Gasteiger partial charge in [-0.1, -0.05) is 218 Å². The fourth-order valence-electron chi connectivity index (χ4n) is 13.2. The molecular formula is C76H44N4Pt. The molecule has 3 aromatic heterocycles. The van der Waals surface area contributed by atoms with Crippen LogP contribution in [0.4, 0.5) is 0 Å². The standard InChI is InChI=1S/C76H44N4.Pt/c1-9-25-53-45(17-1)41-46-18-2-10-26-54(46)69(53)73-61-33-35-63(77-61)74(70-55-27-11-3-19-47(55)42-48-20-4-12-28-56(48)70)65-37-39-67(79-65)76(72-59-31-15-7-23-51(59)44-52-24-8-16-32-60(52)72)68-40-38-66(80-68)75(64-36-34-62(73)78-64)71-57-29-13-5-21-49(57)43-50-22-6-14-30-58(50)71;/h1-44H;/q-2;+2. The fourth-order valence-corrected chi connectivity index (χ4v) is 13.2. The largest absolute Gasteiger partial charge is 2.00 e. The minimum absolute atomic E-state index is 0. The minimum Gasteiger partial charge on any atom is -0.657 e. The number of hydrogen-bond donors (Lipinski definition) is 0. The second-order valence-electron chi connectivity index (χ2n) is 21.1. The molecule has 0 saturated heterocycles. The summed E-state index contributed by atoms with van der Waals surface area (Å²) in [5.41, 5.74) is 14.8. The smallest absolute Gasteiger partial charge is 0.657 e. The van der Waals surface area contributed by atoms with Gasteiger partial charge in [0, 0.05) is 0 Å². The molecule has 5 heterocycles. The molecule has 4 nitrogen and oxygen atoms in total. The first kappa shape index (κ1) is 47.0. The van der Waals surface area contributed by atoms with Crippen LogP contribution >= 0.6 is 0 Å². The molecule has 0 unspecified atom stereocenters. The van der Waals surface area contributed by atoms with E-state index in [1.807, 2.05) is 0 Å².